The minimum absolute atomic E-state index is 0.348. The van der Waals surface area contributed by atoms with Gasteiger partial charge < -0.3 is 0 Å². The molecule has 0 N–H and O–H groups in total. The summed E-state index contributed by atoms with van der Waals surface area (Å²) in [4.78, 5) is 11.5. The van der Waals surface area contributed by atoms with Crippen molar-refractivity contribution in [3.8, 4) is 0 Å². The smallest absolute Gasteiger partial charge is 0.167 e. The van der Waals surface area contributed by atoms with Crippen molar-refractivity contribution in [2.45, 2.75) is 6.92 Å². The number of hydrogen-bond donors (Lipinski definition) is 0. The predicted molar refractivity (Wildman–Crippen MR) is 59.5 cm³/mol. The van der Waals surface area contributed by atoms with Crippen LogP contribution < -0.4 is 0 Å². The van der Waals surface area contributed by atoms with Crippen LogP contribution in [0.3, 0.4) is 0 Å². The zero-order valence-electron chi connectivity index (χ0n) is 8.23. The molecule has 0 fully saturated rings. The van der Waals surface area contributed by atoms with Gasteiger partial charge in [0, 0.05) is 7.05 Å². The Kier molecular flexibility index (Phi) is 3.59. The summed E-state index contributed by atoms with van der Waals surface area (Å²) in [7, 11) is 1.70. The van der Waals surface area contributed by atoms with E-state index in [0.29, 0.717) is 12.0 Å². The first kappa shape index (κ1) is 10.7. The molecule has 0 aliphatic heterocycles. The molecule has 1 aromatic rings. The number of carbonyl (C=O) groups excluding carboxylic acids is 1. The van der Waals surface area contributed by atoms with Gasteiger partial charge in [0.15, 0.2) is 6.29 Å². The van der Waals surface area contributed by atoms with Gasteiger partial charge in [0.2, 0.25) is 0 Å². The van der Waals surface area contributed by atoms with Crippen LogP contribution in [0.15, 0.2) is 34.9 Å². The van der Waals surface area contributed by atoms with E-state index in [9.17, 15) is 4.79 Å². The highest BCUT2D eigenvalue weighted by Gasteiger charge is 2.01. The Balaban J connectivity index is 2.78. The molecule has 0 atom stereocenters. The third-order valence-corrected chi connectivity index (χ3v) is 2.71. The van der Waals surface area contributed by atoms with Crippen molar-refractivity contribution in [2.24, 2.45) is 5.10 Å². The fraction of sp³-hybridized carbons (Fsp3) is 0.200. The molecule has 0 amide bonds. The summed E-state index contributed by atoms with van der Waals surface area (Å²) in [6.45, 7) is 5.46. The highest BCUT2D eigenvalue weighted by Crippen LogP contribution is 2.10. The zero-order chi connectivity index (χ0) is 10.6. The van der Waals surface area contributed by atoms with Gasteiger partial charge in [0.05, 0.1) is 16.3 Å². The predicted octanol–water partition coefficient (Wildman–Crippen LogP) is 2.12. The second-order valence-corrected chi connectivity index (χ2v) is 3.74. The van der Waals surface area contributed by atoms with E-state index in [2.05, 4.69) is 11.7 Å². The number of likely N-dealkylation sites (N-methyl/N-ethyl adjacent to an activating group) is 1. The Labute approximate surface area is 87.4 Å². The van der Waals surface area contributed by atoms with E-state index < -0.39 is 0 Å². The standard InChI is InChI=1S/C10H12N2OS/c1-8(7-13)12(3)11-9(2)10-5-4-6-14-10/h4-7H,1H2,2-3H3/b11-9+. The summed E-state index contributed by atoms with van der Waals surface area (Å²) in [6.07, 6.45) is 0.686. The lowest BCUT2D eigenvalue weighted by atomic mass is 10.3. The monoisotopic (exact) mass is 208 g/mol. The van der Waals surface area contributed by atoms with Crippen molar-refractivity contribution in [2.75, 3.05) is 7.05 Å². The molecule has 0 radical (unpaired) electrons. The van der Waals surface area contributed by atoms with E-state index in [1.807, 2.05) is 24.4 Å². The third-order valence-electron chi connectivity index (χ3n) is 1.73. The summed E-state index contributed by atoms with van der Waals surface area (Å²) in [6, 6.07) is 3.95. The molecule has 4 heteroatoms. The molecule has 1 rings (SSSR count). The summed E-state index contributed by atoms with van der Waals surface area (Å²) < 4.78 is 0. The summed E-state index contributed by atoms with van der Waals surface area (Å²) in [5, 5.41) is 7.68. The van der Waals surface area contributed by atoms with E-state index >= 15 is 0 Å². The van der Waals surface area contributed by atoms with Crippen LogP contribution in [-0.4, -0.2) is 24.1 Å². The second kappa shape index (κ2) is 4.72. The van der Waals surface area contributed by atoms with Crippen molar-refractivity contribution in [1.82, 2.24) is 5.01 Å². The summed E-state index contributed by atoms with van der Waals surface area (Å²) in [5.74, 6) is 0. The van der Waals surface area contributed by atoms with Crippen LogP contribution >= 0.6 is 11.3 Å². The van der Waals surface area contributed by atoms with Crippen molar-refractivity contribution in [3.05, 3.63) is 34.7 Å². The normalized spacial score (nSPS) is 11.1. The van der Waals surface area contributed by atoms with E-state index in [4.69, 9.17) is 0 Å². The van der Waals surface area contributed by atoms with E-state index in [1.54, 1.807) is 18.4 Å². The van der Waals surface area contributed by atoms with E-state index in [0.717, 1.165) is 10.6 Å². The first-order chi connectivity index (χ1) is 6.65. The number of aldehydes is 1. The first-order valence-corrected chi connectivity index (χ1v) is 5.00. The van der Waals surface area contributed by atoms with Gasteiger partial charge >= 0.3 is 0 Å². The van der Waals surface area contributed by atoms with E-state index in [1.165, 1.54) is 5.01 Å². The molecule has 0 spiro atoms. The second-order valence-electron chi connectivity index (χ2n) is 2.80. The Morgan fingerprint density at radius 3 is 2.93 bits per heavy atom. The van der Waals surface area contributed by atoms with Gasteiger partial charge in [-0.3, -0.25) is 9.80 Å². The number of thiophene rings is 1. The molecule has 1 aromatic heterocycles. The van der Waals surface area contributed by atoms with Crippen LogP contribution in [0.4, 0.5) is 0 Å². The van der Waals surface area contributed by atoms with Crippen LogP contribution in [0.25, 0.3) is 0 Å². The molecule has 0 saturated carbocycles. The molecule has 0 aliphatic rings. The molecule has 74 valence electrons. The third kappa shape index (κ3) is 2.53. The largest absolute Gasteiger partial charge is 0.296 e. The highest BCUT2D eigenvalue weighted by molar-refractivity contribution is 7.12. The molecule has 0 aromatic carbocycles. The van der Waals surface area contributed by atoms with Crippen LogP contribution in [-0.2, 0) is 4.79 Å². The van der Waals surface area contributed by atoms with E-state index in [-0.39, 0.29) is 0 Å². The van der Waals surface area contributed by atoms with Crippen LogP contribution in [0, 0.1) is 0 Å². The minimum Gasteiger partial charge on any atom is -0.296 e. The van der Waals surface area contributed by atoms with Crippen LogP contribution in [0.2, 0.25) is 0 Å². The molecule has 0 saturated heterocycles. The Morgan fingerprint density at radius 1 is 1.71 bits per heavy atom. The van der Waals surface area contributed by atoms with Crippen LogP contribution in [0.1, 0.15) is 11.8 Å². The lowest BCUT2D eigenvalue weighted by Crippen LogP contribution is -2.13. The number of rotatable bonds is 4. The maximum Gasteiger partial charge on any atom is 0.167 e. The van der Waals surface area contributed by atoms with Gasteiger partial charge in [0.25, 0.3) is 0 Å². The molecule has 14 heavy (non-hydrogen) atoms. The fourth-order valence-electron chi connectivity index (χ4n) is 0.899. The number of carbonyl (C=O) groups is 1. The average molecular weight is 208 g/mol. The molecule has 1 heterocycles. The minimum atomic E-state index is 0.348. The average Bonchev–Trinajstić information content (AvgIpc) is 2.69. The van der Waals surface area contributed by atoms with Gasteiger partial charge in [-0.1, -0.05) is 12.6 Å². The first-order valence-electron chi connectivity index (χ1n) is 4.12. The Bertz CT molecular complexity index is 354. The Hall–Kier alpha value is -1.42. The van der Waals surface area contributed by atoms with Gasteiger partial charge in [0.1, 0.15) is 0 Å². The van der Waals surface area contributed by atoms with Crippen LogP contribution in [0.5, 0.6) is 0 Å². The Morgan fingerprint density at radius 2 is 2.43 bits per heavy atom. The molecule has 0 unspecified atom stereocenters. The van der Waals surface area contributed by atoms with Crippen molar-refractivity contribution in [1.29, 1.82) is 0 Å². The lowest BCUT2D eigenvalue weighted by molar-refractivity contribution is -0.106. The van der Waals surface area contributed by atoms with Crippen molar-refractivity contribution in [3.63, 3.8) is 0 Å². The molecule has 0 bridgehead atoms. The van der Waals surface area contributed by atoms with Crippen molar-refractivity contribution < 1.29 is 4.79 Å². The van der Waals surface area contributed by atoms with Gasteiger partial charge in [-0.15, -0.1) is 11.3 Å². The lowest BCUT2D eigenvalue weighted by Gasteiger charge is -2.11. The SMILES string of the molecule is C=C(C=O)N(C)/N=C(\C)c1cccs1. The molecular weight excluding hydrogens is 196 g/mol. The summed E-state index contributed by atoms with van der Waals surface area (Å²) >= 11 is 1.62. The van der Waals surface area contributed by atoms with Gasteiger partial charge in [-0.2, -0.15) is 5.10 Å². The number of allylic oxidation sites excluding steroid dienone is 1. The number of nitrogens with zero attached hydrogens (tertiary/aromatic N) is 2. The summed E-state index contributed by atoms with van der Waals surface area (Å²) in [5.41, 5.74) is 1.23. The maximum atomic E-state index is 10.4. The molecular formula is C10H12N2OS. The molecule has 0 aliphatic carbocycles. The quantitative estimate of drug-likeness (QED) is 0.328. The number of hydrogen-bond acceptors (Lipinski definition) is 4. The molecule has 3 nitrogen and oxygen atoms in total. The van der Waals surface area contributed by atoms with Gasteiger partial charge in [-0.25, -0.2) is 0 Å². The number of hydrazone groups is 1. The van der Waals surface area contributed by atoms with Gasteiger partial charge in [-0.05, 0) is 18.4 Å². The topological polar surface area (TPSA) is 32.7 Å². The maximum absolute atomic E-state index is 10.4. The fourth-order valence-corrected chi connectivity index (χ4v) is 1.57. The zero-order valence-corrected chi connectivity index (χ0v) is 9.04. The van der Waals surface area contributed by atoms with Crippen molar-refractivity contribution >= 4 is 23.3 Å². The highest BCUT2D eigenvalue weighted by atomic mass is 32.1.